The van der Waals surface area contributed by atoms with E-state index in [4.69, 9.17) is 4.42 Å². The zero-order valence-corrected chi connectivity index (χ0v) is 16.9. The molecule has 0 aliphatic heterocycles. The summed E-state index contributed by atoms with van der Waals surface area (Å²) in [5.74, 6) is 0.615. The molecule has 29 heavy (non-hydrogen) atoms. The molecule has 0 saturated heterocycles. The van der Waals surface area contributed by atoms with Crippen LogP contribution in [0.1, 0.15) is 17.0 Å². The molecule has 3 heterocycles. The second-order valence-electron chi connectivity index (χ2n) is 6.73. The molecule has 1 aromatic carbocycles. The van der Waals surface area contributed by atoms with Crippen LogP contribution in [0.2, 0.25) is 0 Å². The van der Waals surface area contributed by atoms with Crippen LogP contribution in [-0.2, 0) is 11.3 Å². The maximum Gasteiger partial charge on any atom is 0.278 e. The van der Waals surface area contributed by atoms with Gasteiger partial charge in [0.2, 0.25) is 5.91 Å². The van der Waals surface area contributed by atoms with Gasteiger partial charge in [-0.15, -0.1) is 0 Å². The lowest BCUT2D eigenvalue weighted by Crippen LogP contribution is -2.24. The van der Waals surface area contributed by atoms with E-state index in [-0.39, 0.29) is 23.8 Å². The van der Waals surface area contributed by atoms with E-state index in [0.29, 0.717) is 22.0 Å². The van der Waals surface area contributed by atoms with E-state index >= 15 is 0 Å². The van der Waals surface area contributed by atoms with E-state index in [1.807, 2.05) is 44.2 Å². The number of carbonyl (C=O) groups excluding carboxylic acids is 1. The predicted octanol–water partition coefficient (Wildman–Crippen LogP) is 3.71. The molecule has 4 aromatic rings. The number of aromatic amines is 1. The molecule has 7 nitrogen and oxygen atoms in total. The van der Waals surface area contributed by atoms with Gasteiger partial charge in [-0.3, -0.25) is 14.2 Å². The van der Waals surface area contributed by atoms with Gasteiger partial charge in [0, 0.05) is 11.4 Å². The number of amides is 1. The van der Waals surface area contributed by atoms with Gasteiger partial charge in [-0.1, -0.05) is 30.0 Å². The molecule has 0 spiro atoms. The first-order valence-electron chi connectivity index (χ1n) is 9.12. The van der Waals surface area contributed by atoms with Gasteiger partial charge in [-0.05, 0) is 43.7 Å². The number of furan rings is 1. The standard InChI is InChI=1S/C21H20N4O3S/c1-13-6-3-4-8-16(13)23-18(26)12-29-21-24-17-10-14(2)22-19(17)20(27)25(21)11-15-7-5-9-28-15/h3-10,22H,11-12H2,1-2H3,(H,23,26). The molecular formula is C21H20N4O3S. The number of nitrogens with one attached hydrogen (secondary N) is 2. The summed E-state index contributed by atoms with van der Waals surface area (Å²) in [5, 5.41) is 3.37. The third-order valence-electron chi connectivity index (χ3n) is 4.48. The second-order valence-corrected chi connectivity index (χ2v) is 7.67. The van der Waals surface area contributed by atoms with Crippen LogP contribution in [-0.4, -0.2) is 26.2 Å². The first kappa shape index (κ1) is 19.1. The number of aromatic nitrogens is 3. The molecule has 2 N–H and O–H groups in total. The quantitative estimate of drug-likeness (QED) is 0.375. The Bertz CT molecular complexity index is 1220. The Morgan fingerprint density at radius 1 is 1.24 bits per heavy atom. The highest BCUT2D eigenvalue weighted by molar-refractivity contribution is 7.99. The SMILES string of the molecule is Cc1cc2nc(SCC(=O)Nc3ccccc3C)n(Cc3ccco3)c(=O)c2[nH]1. The lowest BCUT2D eigenvalue weighted by Gasteiger charge is -2.11. The summed E-state index contributed by atoms with van der Waals surface area (Å²) in [6.45, 7) is 4.06. The zero-order valence-electron chi connectivity index (χ0n) is 16.1. The molecule has 0 aliphatic carbocycles. The number of benzene rings is 1. The van der Waals surface area contributed by atoms with Crippen LogP contribution in [0.15, 0.2) is 63.1 Å². The van der Waals surface area contributed by atoms with Crippen LogP contribution in [0, 0.1) is 13.8 Å². The van der Waals surface area contributed by atoms with Gasteiger partial charge in [0.25, 0.3) is 5.56 Å². The molecule has 0 bridgehead atoms. The number of thioether (sulfide) groups is 1. The summed E-state index contributed by atoms with van der Waals surface area (Å²) in [4.78, 5) is 33.1. The monoisotopic (exact) mass is 408 g/mol. The van der Waals surface area contributed by atoms with Crippen LogP contribution in [0.4, 0.5) is 5.69 Å². The molecule has 0 saturated carbocycles. The number of H-pyrrole nitrogens is 1. The highest BCUT2D eigenvalue weighted by Crippen LogP contribution is 2.21. The summed E-state index contributed by atoms with van der Waals surface area (Å²) in [6.07, 6.45) is 1.56. The molecule has 148 valence electrons. The van der Waals surface area contributed by atoms with Gasteiger partial charge in [-0.25, -0.2) is 4.98 Å². The fourth-order valence-corrected chi connectivity index (χ4v) is 3.85. The van der Waals surface area contributed by atoms with Crippen molar-refractivity contribution in [3.63, 3.8) is 0 Å². The summed E-state index contributed by atoms with van der Waals surface area (Å²) in [5.41, 5.74) is 3.46. The van der Waals surface area contributed by atoms with Gasteiger partial charge in [0.15, 0.2) is 5.16 Å². The van der Waals surface area contributed by atoms with E-state index in [1.165, 1.54) is 16.3 Å². The minimum Gasteiger partial charge on any atom is -0.467 e. The van der Waals surface area contributed by atoms with Crippen molar-refractivity contribution in [1.29, 1.82) is 0 Å². The normalized spacial score (nSPS) is 11.1. The van der Waals surface area contributed by atoms with Crippen LogP contribution in [0.3, 0.4) is 0 Å². The number of hydrogen-bond donors (Lipinski definition) is 2. The zero-order chi connectivity index (χ0) is 20.4. The van der Waals surface area contributed by atoms with Crippen LogP contribution in [0.25, 0.3) is 11.0 Å². The molecular weight excluding hydrogens is 388 g/mol. The van der Waals surface area contributed by atoms with Crippen molar-refractivity contribution in [2.75, 3.05) is 11.1 Å². The topological polar surface area (TPSA) is 92.9 Å². The van der Waals surface area contributed by atoms with Crippen molar-refractivity contribution >= 4 is 34.4 Å². The van der Waals surface area contributed by atoms with Crippen molar-refractivity contribution < 1.29 is 9.21 Å². The molecule has 8 heteroatoms. The average molecular weight is 408 g/mol. The third kappa shape index (κ3) is 4.12. The summed E-state index contributed by atoms with van der Waals surface area (Å²) in [7, 11) is 0. The Morgan fingerprint density at radius 3 is 2.83 bits per heavy atom. The van der Waals surface area contributed by atoms with Crippen LogP contribution < -0.4 is 10.9 Å². The number of aryl methyl sites for hydroxylation is 2. The maximum absolute atomic E-state index is 13.0. The Balaban J connectivity index is 1.60. The first-order chi connectivity index (χ1) is 14.0. The van der Waals surface area contributed by atoms with E-state index in [9.17, 15) is 9.59 Å². The number of nitrogens with zero attached hydrogens (tertiary/aromatic N) is 2. The molecule has 0 aliphatic rings. The van der Waals surface area contributed by atoms with E-state index in [0.717, 1.165) is 16.9 Å². The third-order valence-corrected chi connectivity index (χ3v) is 5.46. The molecule has 0 radical (unpaired) electrons. The number of carbonyl (C=O) groups is 1. The molecule has 0 atom stereocenters. The highest BCUT2D eigenvalue weighted by atomic mass is 32.2. The number of fused-ring (bicyclic) bond motifs is 1. The van der Waals surface area contributed by atoms with Crippen molar-refractivity contribution in [2.24, 2.45) is 0 Å². The van der Waals surface area contributed by atoms with Gasteiger partial charge in [0.05, 0.1) is 24.1 Å². The number of rotatable bonds is 6. The van der Waals surface area contributed by atoms with Gasteiger partial charge in [-0.2, -0.15) is 0 Å². The summed E-state index contributed by atoms with van der Waals surface area (Å²) < 4.78 is 6.93. The minimum absolute atomic E-state index is 0.133. The summed E-state index contributed by atoms with van der Waals surface area (Å²) >= 11 is 1.22. The molecule has 3 aromatic heterocycles. The molecule has 1 amide bonds. The first-order valence-corrected chi connectivity index (χ1v) is 10.1. The Morgan fingerprint density at radius 2 is 2.07 bits per heavy atom. The Hall–Kier alpha value is -3.26. The highest BCUT2D eigenvalue weighted by Gasteiger charge is 2.16. The number of hydrogen-bond acceptors (Lipinski definition) is 5. The van der Waals surface area contributed by atoms with Gasteiger partial charge in [0.1, 0.15) is 11.3 Å². The largest absolute Gasteiger partial charge is 0.467 e. The van der Waals surface area contributed by atoms with E-state index < -0.39 is 0 Å². The van der Waals surface area contributed by atoms with Crippen molar-refractivity contribution in [3.8, 4) is 0 Å². The van der Waals surface area contributed by atoms with Crippen LogP contribution in [0.5, 0.6) is 0 Å². The Labute approximate surface area is 171 Å². The van der Waals surface area contributed by atoms with Crippen molar-refractivity contribution in [2.45, 2.75) is 25.5 Å². The maximum atomic E-state index is 13.0. The fourth-order valence-electron chi connectivity index (χ4n) is 3.05. The van der Waals surface area contributed by atoms with Gasteiger partial charge < -0.3 is 14.7 Å². The lowest BCUT2D eigenvalue weighted by atomic mass is 10.2. The second kappa shape index (κ2) is 8.00. The molecule has 4 rings (SSSR count). The van der Waals surface area contributed by atoms with Crippen LogP contribution >= 0.6 is 11.8 Å². The fraction of sp³-hybridized carbons (Fsp3) is 0.190. The summed E-state index contributed by atoms with van der Waals surface area (Å²) in [6, 6.07) is 13.0. The average Bonchev–Trinajstić information content (AvgIpc) is 3.33. The minimum atomic E-state index is -0.193. The smallest absolute Gasteiger partial charge is 0.278 e. The molecule has 0 unspecified atom stereocenters. The predicted molar refractivity (Wildman–Crippen MR) is 113 cm³/mol. The Kier molecular flexibility index (Phi) is 5.26. The van der Waals surface area contributed by atoms with Gasteiger partial charge >= 0.3 is 0 Å². The van der Waals surface area contributed by atoms with E-state index in [2.05, 4.69) is 15.3 Å². The number of para-hydroxylation sites is 1. The lowest BCUT2D eigenvalue weighted by molar-refractivity contribution is -0.113. The van der Waals surface area contributed by atoms with E-state index in [1.54, 1.807) is 18.4 Å². The molecule has 0 fully saturated rings. The van der Waals surface area contributed by atoms with Crippen molar-refractivity contribution in [3.05, 3.63) is 76.1 Å². The van der Waals surface area contributed by atoms with Crippen molar-refractivity contribution in [1.82, 2.24) is 14.5 Å². The number of anilines is 1.